The van der Waals surface area contributed by atoms with E-state index in [1.807, 2.05) is 18.2 Å². The molecule has 1 aliphatic heterocycles. The van der Waals surface area contributed by atoms with Gasteiger partial charge in [-0.1, -0.05) is 40.2 Å². The molecule has 2 aromatic rings. The zero-order valence-corrected chi connectivity index (χ0v) is 12.1. The van der Waals surface area contributed by atoms with Gasteiger partial charge in [0.25, 0.3) is 0 Å². The highest BCUT2D eigenvalue weighted by Crippen LogP contribution is 2.32. The van der Waals surface area contributed by atoms with E-state index in [9.17, 15) is 4.39 Å². The Labute approximate surface area is 121 Å². The maximum absolute atomic E-state index is 13.8. The molecule has 0 N–H and O–H groups in total. The Balaban J connectivity index is 1.79. The number of anilines is 1. The van der Waals surface area contributed by atoms with E-state index in [0.29, 0.717) is 5.92 Å². The minimum absolute atomic E-state index is 0.127. The van der Waals surface area contributed by atoms with Crippen molar-refractivity contribution in [3.63, 3.8) is 0 Å². The highest BCUT2D eigenvalue weighted by Gasteiger charge is 2.25. The van der Waals surface area contributed by atoms with Crippen LogP contribution in [0.3, 0.4) is 0 Å². The van der Waals surface area contributed by atoms with Crippen LogP contribution in [0.5, 0.6) is 0 Å². The Morgan fingerprint density at radius 2 is 1.95 bits per heavy atom. The Kier molecular flexibility index (Phi) is 3.56. The lowest BCUT2D eigenvalue weighted by atomic mass is 9.99. The molecule has 19 heavy (non-hydrogen) atoms. The van der Waals surface area contributed by atoms with Crippen molar-refractivity contribution in [3.8, 4) is 0 Å². The van der Waals surface area contributed by atoms with Crippen molar-refractivity contribution in [2.45, 2.75) is 12.3 Å². The van der Waals surface area contributed by atoms with Gasteiger partial charge in [-0.15, -0.1) is 0 Å². The molecule has 0 spiro atoms. The summed E-state index contributed by atoms with van der Waals surface area (Å²) in [6.45, 7) is 1.80. The molecule has 0 aromatic heterocycles. The van der Waals surface area contributed by atoms with E-state index in [2.05, 4.69) is 39.0 Å². The van der Waals surface area contributed by atoms with Crippen LogP contribution in [0.2, 0.25) is 0 Å². The second-order valence-corrected chi connectivity index (χ2v) is 5.85. The maximum atomic E-state index is 13.8. The molecule has 0 aliphatic carbocycles. The van der Waals surface area contributed by atoms with E-state index in [4.69, 9.17) is 0 Å². The Morgan fingerprint density at radius 1 is 1.11 bits per heavy atom. The van der Waals surface area contributed by atoms with Gasteiger partial charge >= 0.3 is 0 Å². The molecule has 1 unspecified atom stereocenters. The normalized spacial score (nSPS) is 18.8. The highest BCUT2D eigenvalue weighted by atomic mass is 79.9. The van der Waals surface area contributed by atoms with Crippen LogP contribution in [0.25, 0.3) is 0 Å². The second kappa shape index (κ2) is 5.33. The molecule has 0 radical (unpaired) electrons. The van der Waals surface area contributed by atoms with Gasteiger partial charge in [-0.25, -0.2) is 4.39 Å². The average molecular weight is 320 g/mol. The number of rotatable bonds is 2. The summed E-state index contributed by atoms with van der Waals surface area (Å²) in [5, 5.41) is 0. The van der Waals surface area contributed by atoms with Gasteiger partial charge in [-0.2, -0.15) is 0 Å². The summed E-state index contributed by atoms with van der Waals surface area (Å²) in [7, 11) is 0. The van der Waals surface area contributed by atoms with Gasteiger partial charge in [0.15, 0.2) is 0 Å². The van der Waals surface area contributed by atoms with Crippen LogP contribution in [0, 0.1) is 5.82 Å². The van der Waals surface area contributed by atoms with Gasteiger partial charge in [0.05, 0.1) is 5.69 Å². The molecule has 2 aromatic carbocycles. The van der Waals surface area contributed by atoms with E-state index in [1.165, 1.54) is 11.6 Å². The van der Waals surface area contributed by atoms with Crippen LogP contribution in [-0.4, -0.2) is 13.1 Å². The minimum atomic E-state index is -0.127. The summed E-state index contributed by atoms with van der Waals surface area (Å²) < 4.78 is 14.9. The van der Waals surface area contributed by atoms with E-state index in [-0.39, 0.29) is 5.82 Å². The van der Waals surface area contributed by atoms with Crippen molar-refractivity contribution in [3.05, 3.63) is 64.4 Å². The second-order valence-electron chi connectivity index (χ2n) is 4.94. The Morgan fingerprint density at radius 3 is 2.74 bits per heavy atom. The number of halogens is 2. The molecule has 3 heteroatoms. The molecule has 1 saturated heterocycles. The molecular weight excluding hydrogens is 305 g/mol. The fraction of sp³-hybridized carbons (Fsp3) is 0.250. The van der Waals surface area contributed by atoms with Gasteiger partial charge in [0, 0.05) is 23.5 Å². The fourth-order valence-corrected chi connectivity index (χ4v) is 3.14. The standard InChI is InChI=1S/C16H15BrFN/c17-14-5-3-4-12(10-14)13-8-9-19(11-13)16-7-2-1-6-15(16)18/h1-7,10,13H,8-9,11H2. The van der Waals surface area contributed by atoms with Gasteiger partial charge in [0.1, 0.15) is 5.82 Å². The summed E-state index contributed by atoms with van der Waals surface area (Å²) in [6.07, 6.45) is 1.07. The first-order chi connectivity index (χ1) is 9.24. The largest absolute Gasteiger partial charge is 0.369 e. The Hall–Kier alpha value is -1.35. The number of para-hydroxylation sites is 1. The Bertz CT molecular complexity index is 584. The van der Waals surface area contributed by atoms with Crippen molar-refractivity contribution in [1.82, 2.24) is 0 Å². The third-order valence-electron chi connectivity index (χ3n) is 3.70. The molecule has 1 fully saturated rings. The first-order valence-corrected chi connectivity index (χ1v) is 7.28. The van der Waals surface area contributed by atoms with Crippen LogP contribution in [0.4, 0.5) is 10.1 Å². The topological polar surface area (TPSA) is 3.24 Å². The molecule has 0 saturated carbocycles. The summed E-state index contributed by atoms with van der Waals surface area (Å²) in [4.78, 5) is 2.14. The zero-order chi connectivity index (χ0) is 13.2. The molecule has 0 amide bonds. The van der Waals surface area contributed by atoms with Crippen LogP contribution < -0.4 is 4.90 Å². The van der Waals surface area contributed by atoms with Crippen molar-refractivity contribution in [2.75, 3.05) is 18.0 Å². The third-order valence-corrected chi connectivity index (χ3v) is 4.19. The number of hydrogen-bond donors (Lipinski definition) is 0. The zero-order valence-electron chi connectivity index (χ0n) is 10.5. The van der Waals surface area contributed by atoms with E-state index in [0.717, 1.165) is 29.7 Å². The lowest BCUT2D eigenvalue weighted by molar-refractivity contribution is 0.622. The lowest BCUT2D eigenvalue weighted by Crippen LogP contribution is -2.20. The van der Waals surface area contributed by atoms with Crippen LogP contribution in [-0.2, 0) is 0 Å². The predicted molar refractivity (Wildman–Crippen MR) is 80.1 cm³/mol. The summed E-state index contributed by atoms with van der Waals surface area (Å²) in [5.74, 6) is 0.356. The number of hydrogen-bond acceptors (Lipinski definition) is 1. The van der Waals surface area contributed by atoms with Crippen molar-refractivity contribution in [1.29, 1.82) is 0 Å². The summed E-state index contributed by atoms with van der Waals surface area (Å²) in [5.41, 5.74) is 2.05. The number of benzene rings is 2. The van der Waals surface area contributed by atoms with Crippen molar-refractivity contribution in [2.24, 2.45) is 0 Å². The van der Waals surface area contributed by atoms with Crippen LogP contribution in [0.15, 0.2) is 53.0 Å². The lowest BCUT2D eigenvalue weighted by Gasteiger charge is -2.19. The molecule has 0 bridgehead atoms. The molecular formula is C16H15BrFN. The average Bonchev–Trinajstić information content (AvgIpc) is 2.89. The highest BCUT2D eigenvalue weighted by molar-refractivity contribution is 9.10. The van der Waals surface area contributed by atoms with Gasteiger partial charge in [0.2, 0.25) is 0 Å². The molecule has 98 valence electrons. The predicted octanol–water partition coefficient (Wildman–Crippen LogP) is 4.58. The van der Waals surface area contributed by atoms with E-state index < -0.39 is 0 Å². The molecule has 1 nitrogen and oxygen atoms in total. The van der Waals surface area contributed by atoms with Crippen LogP contribution in [0.1, 0.15) is 17.9 Å². The SMILES string of the molecule is Fc1ccccc1N1CCC(c2cccc(Br)c2)C1. The number of nitrogens with zero attached hydrogens (tertiary/aromatic N) is 1. The smallest absolute Gasteiger partial charge is 0.146 e. The first kappa shape index (κ1) is 12.7. The van der Waals surface area contributed by atoms with Gasteiger partial charge in [-0.3, -0.25) is 0 Å². The molecule has 3 rings (SSSR count). The molecule has 1 heterocycles. The quantitative estimate of drug-likeness (QED) is 0.783. The van der Waals surface area contributed by atoms with Crippen molar-refractivity contribution >= 4 is 21.6 Å². The van der Waals surface area contributed by atoms with E-state index in [1.54, 1.807) is 6.07 Å². The first-order valence-electron chi connectivity index (χ1n) is 6.49. The summed E-state index contributed by atoms with van der Waals surface area (Å²) >= 11 is 3.51. The monoisotopic (exact) mass is 319 g/mol. The van der Waals surface area contributed by atoms with E-state index >= 15 is 0 Å². The van der Waals surface area contributed by atoms with Gasteiger partial charge in [-0.05, 0) is 36.2 Å². The maximum Gasteiger partial charge on any atom is 0.146 e. The minimum Gasteiger partial charge on any atom is -0.369 e. The third kappa shape index (κ3) is 2.66. The van der Waals surface area contributed by atoms with Crippen LogP contribution >= 0.6 is 15.9 Å². The molecule has 1 aliphatic rings. The molecule has 1 atom stereocenters. The van der Waals surface area contributed by atoms with Crippen molar-refractivity contribution < 1.29 is 4.39 Å². The fourth-order valence-electron chi connectivity index (χ4n) is 2.72. The van der Waals surface area contributed by atoms with Gasteiger partial charge < -0.3 is 4.90 Å². The summed E-state index contributed by atoms with van der Waals surface area (Å²) in [6, 6.07) is 15.4.